The molecule has 420 valence electrons. The molecule has 0 aliphatic carbocycles. The van der Waals surface area contributed by atoms with Crippen molar-refractivity contribution in [1.29, 1.82) is 0 Å². The van der Waals surface area contributed by atoms with Crippen molar-refractivity contribution in [1.82, 2.24) is 20.0 Å². The minimum absolute atomic E-state index is 0.129. The van der Waals surface area contributed by atoms with Crippen LogP contribution in [0.3, 0.4) is 0 Å². The number of benzene rings is 6. The second kappa shape index (κ2) is 23.6. The molecule has 11 rings (SSSR count). The van der Waals surface area contributed by atoms with E-state index >= 15 is 19.2 Å². The van der Waals surface area contributed by atoms with Gasteiger partial charge in [-0.05, 0) is 71.1 Å². The van der Waals surface area contributed by atoms with Crippen LogP contribution in [0.1, 0.15) is 76.5 Å². The number of hydrogen-bond acceptors (Lipinski definition) is 15. The molecule has 5 aliphatic heterocycles. The van der Waals surface area contributed by atoms with Gasteiger partial charge in [-0.1, -0.05) is 127 Å². The van der Waals surface area contributed by atoms with Crippen molar-refractivity contribution in [2.75, 3.05) is 65.3 Å². The number of aliphatic hydroxyl groups excluding tert-OH is 1. The van der Waals surface area contributed by atoms with Crippen LogP contribution < -0.4 is 24.4 Å². The Labute approximate surface area is 474 Å². The minimum Gasteiger partial charge on any atom is -0.491 e. The number of hydrogen-bond donors (Lipinski definition) is 2. The van der Waals surface area contributed by atoms with Gasteiger partial charge in [-0.3, -0.25) is 33.8 Å². The summed E-state index contributed by atoms with van der Waals surface area (Å²) in [7, 11) is 2.31. The molecule has 3 fully saturated rings. The van der Waals surface area contributed by atoms with Crippen molar-refractivity contribution in [3.63, 3.8) is 0 Å². The van der Waals surface area contributed by atoms with Crippen LogP contribution in [0.4, 0.5) is 10.5 Å². The summed E-state index contributed by atoms with van der Waals surface area (Å²) in [5.41, 5.74) is 1.94. The number of carbonyl (C=O) groups excluding carboxylic acids is 6. The molecule has 5 aliphatic rings. The van der Waals surface area contributed by atoms with E-state index in [0.29, 0.717) is 53.4 Å². The first kappa shape index (κ1) is 54.9. The third-order valence-electron chi connectivity index (χ3n) is 16.2. The molecule has 18 nitrogen and oxygen atoms in total. The highest BCUT2D eigenvalue weighted by Crippen LogP contribution is 2.67. The molecule has 0 radical (unpaired) electrons. The predicted octanol–water partition coefficient (Wildman–Crippen LogP) is 6.97. The normalized spacial score (nSPS) is 22.1. The number of urea groups is 1. The maximum Gasteiger partial charge on any atom is 0.329 e. The number of esters is 3. The quantitative estimate of drug-likeness (QED) is 0.0490. The molecule has 0 saturated carbocycles. The highest BCUT2D eigenvalue weighted by molar-refractivity contribution is 6.25. The summed E-state index contributed by atoms with van der Waals surface area (Å²) in [5.74, 6) is 0.866. The number of nitrogens with zero attached hydrogens (tertiary/aromatic N) is 4. The van der Waals surface area contributed by atoms with Crippen LogP contribution in [-0.4, -0.2) is 122 Å². The lowest BCUT2D eigenvalue weighted by Crippen LogP contribution is -2.59. The molecular formula is C64H61N5O13. The number of imide groups is 1. The van der Waals surface area contributed by atoms with Gasteiger partial charge in [0, 0.05) is 50.3 Å². The van der Waals surface area contributed by atoms with Gasteiger partial charge >= 0.3 is 23.9 Å². The van der Waals surface area contributed by atoms with E-state index in [0.717, 1.165) is 30.2 Å². The molecule has 2 N–H and O–H groups in total. The lowest BCUT2D eigenvalue weighted by Gasteiger charge is -2.46. The van der Waals surface area contributed by atoms with Crippen LogP contribution in [0, 0.1) is 23.7 Å². The van der Waals surface area contributed by atoms with Crippen molar-refractivity contribution in [3.8, 4) is 29.1 Å². The largest absolute Gasteiger partial charge is 0.491 e. The number of methoxy groups -OCH3 is 2. The fraction of sp³-hybridized carbons (Fsp3) is 0.312. The number of fused-ring (bicyclic) bond motifs is 4. The molecule has 0 aromatic heterocycles. The summed E-state index contributed by atoms with van der Waals surface area (Å²) in [5, 5.41) is 13.3. The first-order valence-corrected chi connectivity index (χ1v) is 27.3. The number of para-hydroxylation sites is 1. The second-order valence-electron chi connectivity index (χ2n) is 20.7. The Morgan fingerprint density at radius 3 is 2.11 bits per heavy atom. The molecule has 6 aromatic carbocycles. The predicted molar refractivity (Wildman–Crippen MR) is 298 cm³/mol. The third-order valence-corrected chi connectivity index (χ3v) is 16.2. The number of morpholine rings is 1. The fourth-order valence-corrected chi connectivity index (χ4v) is 12.4. The van der Waals surface area contributed by atoms with E-state index in [1.807, 2.05) is 114 Å². The third kappa shape index (κ3) is 10.0. The summed E-state index contributed by atoms with van der Waals surface area (Å²) in [6, 6.07) is 40.6. The van der Waals surface area contributed by atoms with Crippen molar-refractivity contribution < 1.29 is 62.3 Å². The zero-order chi connectivity index (χ0) is 57.1. The monoisotopic (exact) mass is 1110 g/mol. The summed E-state index contributed by atoms with van der Waals surface area (Å²) in [6.45, 7) is 3.24. The maximum absolute atomic E-state index is 17.1. The van der Waals surface area contributed by atoms with Gasteiger partial charge in [-0.2, -0.15) is 0 Å². The molecular weight excluding hydrogens is 1050 g/mol. The zero-order valence-corrected chi connectivity index (χ0v) is 45.5. The minimum atomic E-state index is -2.18. The fourth-order valence-electron chi connectivity index (χ4n) is 12.4. The molecule has 0 unspecified atom stereocenters. The van der Waals surface area contributed by atoms with Crippen LogP contribution in [0.25, 0.3) is 0 Å². The van der Waals surface area contributed by atoms with E-state index in [-0.39, 0.29) is 56.5 Å². The number of piperazine rings is 1. The average Bonchev–Trinajstić information content (AvgIpc) is 1.63. The van der Waals surface area contributed by atoms with Gasteiger partial charge in [0.05, 0.1) is 50.6 Å². The lowest BCUT2D eigenvalue weighted by molar-refractivity contribution is -0.179. The Bertz CT molecular complexity index is 3440. The van der Waals surface area contributed by atoms with Crippen molar-refractivity contribution >= 4 is 41.4 Å². The number of cyclic esters (lactones) is 1. The van der Waals surface area contributed by atoms with E-state index < -0.39 is 83.3 Å². The molecule has 0 bridgehead atoms. The summed E-state index contributed by atoms with van der Waals surface area (Å²) < 4.78 is 34.2. The Morgan fingerprint density at radius 2 is 1.41 bits per heavy atom. The Kier molecular flexibility index (Phi) is 15.8. The summed E-state index contributed by atoms with van der Waals surface area (Å²) in [4.78, 5) is 97.7. The second-order valence-corrected chi connectivity index (χ2v) is 20.7. The molecule has 18 heteroatoms. The summed E-state index contributed by atoms with van der Waals surface area (Å²) >= 11 is 0. The van der Waals surface area contributed by atoms with Crippen LogP contribution >= 0.6 is 0 Å². The number of carbonyl (C=O) groups is 6. The summed E-state index contributed by atoms with van der Waals surface area (Å²) in [6.07, 6.45) is -1.30. The van der Waals surface area contributed by atoms with Crippen molar-refractivity contribution in [3.05, 3.63) is 191 Å². The van der Waals surface area contributed by atoms with Gasteiger partial charge in [-0.15, -0.1) is 0 Å². The van der Waals surface area contributed by atoms with Gasteiger partial charge in [0.2, 0.25) is 18.6 Å². The number of rotatable bonds is 14. The first-order valence-electron chi connectivity index (χ1n) is 27.3. The van der Waals surface area contributed by atoms with Gasteiger partial charge in [0.15, 0.2) is 17.4 Å². The number of anilines is 1. The average molecular weight is 1110 g/mol. The smallest absolute Gasteiger partial charge is 0.329 e. The number of aliphatic hydroxyl groups is 1. The van der Waals surface area contributed by atoms with E-state index in [2.05, 4.69) is 22.1 Å². The first-order chi connectivity index (χ1) is 40.0. The Hall–Kier alpha value is -9.02. The Morgan fingerprint density at radius 1 is 0.756 bits per heavy atom. The highest BCUT2D eigenvalue weighted by Gasteiger charge is 2.76. The molecule has 6 aromatic rings. The molecule has 5 heterocycles. The van der Waals surface area contributed by atoms with E-state index in [9.17, 15) is 14.7 Å². The van der Waals surface area contributed by atoms with Gasteiger partial charge < -0.3 is 43.7 Å². The topological polar surface area (TPSA) is 203 Å². The van der Waals surface area contributed by atoms with Gasteiger partial charge in [-0.25, -0.2) is 9.69 Å². The van der Waals surface area contributed by atoms with Gasteiger partial charge in [0.25, 0.3) is 0 Å². The molecule has 1 spiro atoms. The van der Waals surface area contributed by atoms with Crippen LogP contribution in [0.15, 0.2) is 152 Å². The number of ether oxygens (including phenoxy) is 6. The molecule has 82 heavy (non-hydrogen) atoms. The SMILES string of the molecule is COC(=O)C(CC#Cc1ccc2c(c1)[C@]1(C(=O)N2C(=O)N[C@H](C)c2ccccc2)[C@H](c2ccccc2OCCO)N2[C@H](c3ccccc3)[C@H](c3ccccc3)OC(=O)[C@H]2[C@@H]1C(=O)N1CCN(Cc2ccc3c(c2)OCO3)CC1)C(=O)OC. The standard InChI is InChI=1S/C64H61N5O13/c1-40(43-17-7-4-8-18-43)65-63(76)68-49-28-26-41(16-15-24-47(59(72)77-2)60(73)78-3)36-48(49)64(62(68)75)53(58(71)67-32-30-66(31-33-67)38-42-27-29-51-52(37-42)81-39-80-51)55-61(74)82-56(45-21-11-6-12-22-45)54(44-19-9-5-10-20-44)69(55)57(64)46-23-13-14-25-50(46)79-35-34-70/h4-14,17-23,25-29,36-37,40,47,53-57,70H,24,30-35,38-39H2,1-3H3,(H,65,76)/t40-,53-,54-,55-,56+,57+,64-/m1/s1. The van der Waals surface area contributed by atoms with Gasteiger partial charge in [0.1, 0.15) is 29.9 Å². The zero-order valence-electron chi connectivity index (χ0n) is 45.5. The lowest BCUT2D eigenvalue weighted by atomic mass is 9.64. The van der Waals surface area contributed by atoms with E-state index in [4.69, 9.17) is 28.4 Å². The van der Waals surface area contributed by atoms with E-state index in [1.165, 1.54) is 0 Å². The number of amides is 4. The maximum atomic E-state index is 17.1. The Balaban J connectivity index is 1.13. The van der Waals surface area contributed by atoms with Crippen molar-refractivity contribution in [2.45, 2.75) is 55.6 Å². The highest BCUT2D eigenvalue weighted by atomic mass is 16.7. The molecule has 7 atom stereocenters. The van der Waals surface area contributed by atoms with Crippen LogP contribution in [-0.2, 0) is 50.1 Å². The molecule has 3 saturated heterocycles. The number of nitrogens with one attached hydrogen (secondary N) is 1. The van der Waals surface area contributed by atoms with Crippen molar-refractivity contribution in [2.24, 2.45) is 11.8 Å². The van der Waals surface area contributed by atoms with Crippen LogP contribution in [0.2, 0.25) is 0 Å². The van der Waals surface area contributed by atoms with Crippen LogP contribution in [0.5, 0.6) is 17.2 Å². The molecule has 4 amide bonds. The van der Waals surface area contributed by atoms with E-state index in [1.54, 1.807) is 54.3 Å².